The van der Waals surface area contributed by atoms with Crippen molar-refractivity contribution in [1.29, 1.82) is 0 Å². The highest BCUT2D eigenvalue weighted by atomic mass is 35.5. The van der Waals surface area contributed by atoms with Crippen molar-refractivity contribution in [2.75, 3.05) is 6.54 Å². The van der Waals surface area contributed by atoms with E-state index in [4.69, 9.17) is 23.2 Å². The molecule has 0 aliphatic heterocycles. The minimum atomic E-state index is -4.11. The number of thiophene rings is 1. The Labute approximate surface area is 213 Å². The number of nitrogens with zero attached hydrogens (tertiary/aromatic N) is 2. The van der Waals surface area contributed by atoms with Gasteiger partial charge in [-0.3, -0.25) is 4.79 Å². The summed E-state index contributed by atoms with van der Waals surface area (Å²) in [6.07, 6.45) is 0.494. The fraction of sp³-hybridized carbons (Fsp3) is 0.292. The molecule has 0 saturated carbocycles. The first-order chi connectivity index (χ1) is 16.1. The lowest BCUT2D eigenvalue weighted by molar-refractivity contribution is -0.133. The molecule has 1 amide bonds. The molecule has 1 atom stereocenters. The minimum absolute atomic E-state index is 0.0342. The van der Waals surface area contributed by atoms with E-state index < -0.39 is 16.1 Å². The Hall–Kier alpha value is -1.97. The van der Waals surface area contributed by atoms with Crippen LogP contribution in [0.3, 0.4) is 0 Å². The molecule has 34 heavy (non-hydrogen) atoms. The number of hydrogen-bond donors (Lipinski definition) is 0. The first-order valence-electron chi connectivity index (χ1n) is 10.6. The van der Waals surface area contributed by atoms with E-state index in [-0.39, 0.29) is 39.8 Å². The molecule has 5 nitrogen and oxygen atoms in total. The highest BCUT2D eigenvalue weighted by molar-refractivity contribution is 7.89. The smallest absolute Gasteiger partial charge is 0.245 e. The molecule has 0 bridgehead atoms. The lowest BCUT2D eigenvalue weighted by atomic mass is 10.2. The zero-order valence-electron chi connectivity index (χ0n) is 18.7. The van der Waals surface area contributed by atoms with Crippen molar-refractivity contribution in [3.63, 3.8) is 0 Å². The van der Waals surface area contributed by atoms with Gasteiger partial charge in [-0.15, -0.1) is 11.3 Å². The Kier molecular flexibility index (Phi) is 9.12. The second kappa shape index (κ2) is 11.6. The molecule has 0 unspecified atom stereocenters. The lowest BCUT2D eigenvalue weighted by Gasteiger charge is -2.30. The highest BCUT2D eigenvalue weighted by Gasteiger charge is 2.33. The lowest BCUT2D eigenvalue weighted by Crippen LogP contribution is -2.46. The van der Waals surface area contributed by atoms with Crippen LogP contribution in [0.5, 0.6) is 0 Å². The predicted molar refractivity (Wildman–Crippen MR) is 135 cm³/mol. The van der Waals surface area contributed by atoms with Gasteiger partial charge in [0.2, 0.25) is 15.9 Å². The molecule has 182 valence electrons. The third-order valence-electron chi connectivity index (χ3n) is 5.42. The topological polar surface area (TPSA) is 57.7 Å². The molecule has 0 N–H and O–H groups in total. The average molecular weight is 544 g/mol. The van der Waals surface area contributed by atoms with Gasteiger partial charge < -0.3 is 4.90 Å². The van der Waals surface area contributed by atoms with Gasteiger partial charge in [0.15, 0.2) is 0 Å². The average Bonchev–Trinajstić information content (AvgIpc) is 3.32. The molecular formula is C24H25Cl2FN2O3S2. The summed E-state index contributed by atoms with van der Waals surface area (Å²) >= 11 is 13.7. The van der Waals surface area contributed by atoms with Crippen molar-refractivity contribution in [2.45, 2.75) is 44.3 Å². The van der Waals surface area contributed by atoms with Crippen molar-refractivity contribution < 1.29 is 17.6 Å². The van der Waals surface area contributed by atoms with E-state index in [1.165, 1.54) is 46.0 Å². The van der Waals surface area contributed by atoms with Crippen LogP contribution < -0.4 is 0 Å². The summed E-state index contributed by atoms with van der Waals surface area (Å²) in [5.74, 6) is -0.743. The van der Waals surface area contributed by atoms with E-state index in [0.29, 0.717) is 13.0 Å². The van der Waals surface area contributed by atoms with Crippen molar-refractivity contribution in [3.05, 3.63) is 86.3 Å². The first-order valence-corrected chi connectivity index (χ1v) is 13.7. The Morgan fingerprint density at radius 2 is 1.79 bits per heavy atom. The Morgan fingerprint density at radius 1 is 1.09 bits per heavy atom. The summed E-state index contributed by atoms with van der Waals surface area (Å²) in [4.78, 5) is 15.9. The summed E-state index contributed by atoms with van der Waals surface area (Å²) in [6, 6.07) is 13.4. The highest BCUT2D eigenvalue weighted by Crippen LogP contribution is 2.29. The van der Waals surface area contributed by atoms with Gasteiger partial charge in [0.05, 0.1) is 18.1 Å². The second-order valence-corrected chi connectivity index (χ2v) is 11.6. The van der Waals surface area contributed by atoms with Crippen LogP contribution >= 0.6 is 34.5 Å². The Morgan fingerprint density at radius 3 is 2.41 bits per heavy atom. The molecule has 0 fully saturated rings. The van der Waals surface area contributed by atoms with Crippen LogP contribution in [0.1, 0.15) is 30.7 Å². The van der Waals surface area contributed by atoms with E-state index in [9.17, 15) is 17.6 Å². The van der Waals surface area contributed by atoms with Gasteiger partial charge in [-0.2, -0.15) is 4.31 Å². The molecular weight excluding hydrogens is 518 g/mol. The number of amides is 1. The van der Waals surface area contributed by atoms with Gasteiger partial charge in [0.1, 0.15) is 10.7 Å². The number of sulfonamides is 1. The molecule has 3 aromatic rings. The summed E-state index contributed by atoms with van der Waals surface area (Å²) in [5, 5.41) is 2.17. The number of rotatable bonds is 10. The van der Waals surface area contributed by atoms with E-state index in [2.05, 4.69) is 0 Å². The SMILES string of the molecule is CC[C@H](C)N(CC(=O)N(Cc1ccc(F)cc1)Cc1cccs1)S(=O)(=O)c1cc(Cl)ccc1Cl. The molecule has 0 aliphatic carbocycles. The number of carbonyl (C=O) groups excluding carboxylic acids is 1. The van der Waals surface area contributed by atoms with Crippen LogP contribution in [0.4, 0.5) is 4.39 Å². The molecule has 0 radical (unpaired) electrons. The van der Waals surface area contributed by atoms with E-state index in [1.807, 2.05) is 24.4 Å². The third-order valence-corrected chi connectivity index (χ3v) is 8.96. The van der Waals surface area contributed by atoms with E-state index >= 15 is 0 Å². The van der Waals surface area contributed by atoms with Gasteiger partial charge in [-0.25, -0.2) is 12.8 Å². The van der Waals surface area contributed by atoms with Crippen molar-refractivity contribution in [1.82, 2.24) is 9.21 Å². The maximum absolute atomic E-state index is 13.5. The number of carbonyl (C=O) groups is 1. The van der Waals surface area contributed by atoms with Gasteiger partial charge in [-0.05, 0) is 60.7 Å². The molecule has 1 aromatic heterocycles. The van der Waals surface area contributed by atoms with Crippen LogP contribution in [-0.2, 0) is 27.9 Å². The summed E-state index contributed by atoms with van der Waals surface area (Å²) < 4.78 is 41.6. The van der Waals surface area contributed by atoms with E-state index in [1.54, 1.807) is 24.0 Å². The van der Waals surface area contributed by atoms with Crippen LogP contribution in [0.15, 0.2) is 64.9 Å². The fourth-order valence-electron chi connectivity index (χ4n) is 3.35. The van der Waals surface area contributed by atoms with Crippen molar-refractivity contribution in [3.8, 4) is 0 Å². The summed E-state index contributed by atoms with van der Waals surface area (Å²) in [7, 11) is -4.11. The van der Waals surface area contributed by atoms with Crippen LogP contribution in [0.2, 0.25) is 10.0 Å². The number of hydrogen-bond acceptors (Lipinski definition) is 4. The van der Waals surface area contributed by atoms with Gasteiger partial charge in [0, 0.05) is 22.5 Å². The maximum Gasteiger partial charge on any atom is 0.245 e. The van der Waals surface area contributed by atoms with Gasteiger partial charge in [-0.1, -0.05) is 48.3 Å². The third kappa shape index (κ3) is 6.58. The number of halogens is 3. The van der Waals surface area contributed by atoms with Crippen LogP contribution in [0, 0.1) is 5.82 Å². The largest absolute Gasteiger partial charge is 0.332 e. The van der Waals surface area contributed by atoms with Gasteiger partial charge >= 0.3 is 0 Å². The molecule has 3 rings (SSSR count). The Balaban J connectivity index is 1.92. The minimum Gasteiger partial charge on any atom is -0.332 e. The fourth-order valence-corrected chi connectivity index (χ4v) is 6.46. The standard InChI is InChI=1S/C24H25Cl2FN2O3S2/c1-3-17(2)29(34(31,32)23-13-19(25)8-11-22(23)26)16-24(30)28(15-21-5-4-12-33-21)14-18-6-9-20(27)10-7-18/h4-13,17H,3,14-16H2,1-2H3/t17-/m0/s1. The summed E-state index contributed by atoms with van der Waals surface area (Å²) in [6.45, 7) is 3.74. The van der Waals surface area contributed by atoms with Gasteiger partial charge in [0.25, 0.3) is 0 Å². The van der Waals surface area contributed by atoms with Crippen molar-refractivity contribution >= 4 is 50.5 Å². The van der Waals surface area contributed by atoms with Crippen LogP contribution in [0.25, 0.3) is 0 Å². The van der Waals surface area contributed by atoms with Crippen molar-refractivity contribution in [2.24, 2.45) is 0 Å². The normalized spacial score (nSPS) is 12.6. The molecule has 0 spiro atoms. The predicted octanol–water partition coefficient (Wildman–Crippen LogP) is 6.21. The van der Waals surface area contributed by atoms with Crippen LogP contribution in [-0.4, -0.2) is 36.1 Å². The molecule has 1 heterocycles. The quantitative estimate of drug-likeness (QED) is 0.306. The number of benzene rings is 2. The second-order valence-electron chi connectivity index (χ2n) is 7.84. The zero-order chi connectivity index (χ0) is 24.9. The summed E-state index contributed by atoms with van der Waals surface area (Å²) in [5.41, 5.74) is 0.738. The monoisotopic (exact) mass is 542 g/mol. The molecule has 0 saturated heterocycles. The maximum atomic E-state index is 13.5. The Bertz CT molecular complexity index is 1220. The molecule has 10 heteroatoms. The molecule has 2 aromatic carbocycles. The first kappa shape index (κ1) is 26.6. The van der Waals surface area contributed by atoms with E-state index in [0.717, 1.165) is 10.4 Å². The molecule has 0 aliphatic rings. The zero-order valence-corrected chi connectivity index (χ0v) is 21.9.